The van der Waals surface area contributed by atoms with Crippen LogP contribution in [0.5, 0.6) is 17.2 Å². The van der Waals surface area contributed by atoms with E-state index in [2.05, 4.69) is 10.1 Å². The zero-order valence-electron chi connectivity index (χ0n) is 12.5. The number of phenolic OH excluding ortho intramolecular Hbond substituents is 1. The summed E-state index contributed by atoms with van der Waals surface area (Å²) in [7, 11) is 1.30. The van der Waals surface area contributed by atoms with Crippen molar-refractivity contribution in [2.75, 3.05) is 12.4 Å². The molecule has 0 unspecified atom stereocenters. The maximum Gasteiger partial charge on any atom is 0.387 e. The summed E-state index contributed by atoms with van der Waals surface area (Å²) >= 11 is 0. The normalized spacial score (nSPS) is 10.5. The van der Waals surface area contributed by atoms with E-state index in [1.165, 1.54) is 25.3 Å². The van der Waals surface area contributed by atoms with Crippen molar-refractivity contribution in [2.24, 2.45) is 0 Å². The number of methoxy groups -OCH3 is 1. The Morgan fingerprint density at radius 3 is 2.57 bits per heavy atom. The van der Waals surface area contributed by atoms with E-state index >= 15 is 0 Å². The van der Waals surface area contributed by atoms with Gasteiger partial charge in [0.2, 0.25) is 0 Å². The number of nitrogens with one attached hydrogen (secondary N) is 1. The van der Waals surface area contributed by atoms with Gasteiger partial charge in [0, 0.05) is 5.56 Å². The highest BCUT2D eigenvalue weighted by molar-refractivity contribution is 6.05. The quantitative estimate of drug-likeness (QED) is 0.826. The van der Waals surface area contributed by atoms with E-state index in [1.54, 1.807) is 19.1 Å². The first-order chi connectivity index (χ1) is 10.9. The lowest BCUT2D eigenvalue weighted by Crippen LogP contribution is -2.13. The standard InChI is InChI=1S/C16H15F2NO4/c1-9-3-5-12(20)11(7-9)19-15(21)10-4-6-13(22-2)14(8-10)23-16(17)18/h3-8,16,20H,1-2H3,(H,19,21). The molecule has 0 atom stereocenters. The molecule has 0 aliphatic rings. The summed E-state index contributed by atoms with van der Waals surface area (Å²) in [5, 5.41) is 12.2. The molecule has 0 radical (unpaired) electrons. The second kappa shape index (κ2) is 6.95. The minimum atomic E-state index is -3.04. The zero-order chi connectivity index (χ0) is 17.0. The van der Waals surface area contributed by atoms with Crippen LogP contribution >= 0.6 is 0 Å². The minimum absolute atomic E-state index is 0.0836. The molecule has 0 aromatic heterocycles. The smallest absolute Gasteiger partial charge is 0.387 e. The maximum atomic E-state index is 12.4. The Morgan fingerprint density at radius 2 is 1.91 bits per heavy atom. The number of carbonyl (C=O) groups excluding carboxylic acids is 1. The van der Waals surface area contributed by atoms with Crippen LogP contribution in [0.4, 0.5) is 14.5 Å². The van der Waals surface area contributed by atoms with Crippen LogP contribution in [-0.4, -0.2) is 24.7 Å². The number of aromatic hydroxyl groups is 1. The summed E-state index contributed by atoms with van der Waals surface area (Å²) in [5.74, 6) is -0.835. The monoisotopic (exact) mass is 323 g/mol. The molecule has 7 heteroatoms. The largest absolute Gasteiger partial charge is 0.506 e. The molecule has 2 N–H and O–H groups in total. The average molecular weight is 323 g/mol. The Balaban J connectivity index is 2.27. The van der Waals surface area contributed by atoms with Gasteiger partial charge in [0.1, 0.15) is 5.75 Å². The van der Waals surface area contributed by atoms with Crippen molar-refractivity contribution in [3.05, 3.63) is 47.5 Å². The molecule has 0 bridgehead atoms. The SMILES string of the molecule is COc1ccc(C(=O)Nc2cc(C)ccc2O)cc1OC(F)F. The molecule has 2 rings (SSSR count). The van der Waals surface area contributed by atoms with Gasteiger partial charge in [-0.3, -0.25) is 4.79 Å². The van der Waals surface area contributed by atoms with E-state index in [-0.39, 0.29) is 28.5 Å². The van der Waals surface area contributed by atoms with E-state index in [0.717, 1.165) is 11.6 Å². The predicted molar refractivity (Wildman–Crippen MR) is 80.4 cm³/mol. The van der Waals surface area contributed by atoms with E-state index in [0.29, 0.717) is 0 Å². The van der Waals surface area contributed by atoms with Crippen LogP contribution in [0, 0.1) is 6.92 Å². The van der Waals surface area contributed by atoms with Crippen molar-refractivity contribution >= 4 is 11.6 Å². The molecular formula is C16H15F2NO4. The Labute approximate surface area is 131 Å². The van der Waals surface area contributed by atoms with Crippen LogP contribution in [0.3, 0.4) is 0 Å². The molecule has 0 fully saturated rings. The summed E-state index contributed by atoms with van der Waals surface area (Å²) in [6, 6.07) is 8.62. The lowest BCUT2D eigenvalue weighted by Gasteiger charge is -2.12. The Kier molecular flexibility index (Phi) is 5.00. The van der Waals surface area contributed by atoms with Gasteiger partial charge in [0.15, 0.2) is 11.5 Å². The molecule has 0 aliphatic heterocycles. The lowest BCUT2D eigenvalue weighted by atomic mass is 10.1. The molecular weight excluding hydrogens is 308 g/mol. The number of rotatable bonds is 5. The van der Waals surface area contributed by atoms with Crippen LogP contribution in [0.2, 0.25) is 0 Å². The molecule has 23 heavy (non-hydrogen) atoms. The van der Waals surface area contributed by atoms with Gasteiger partial charge in [-0.2, -0.15) is 8.78 Å². The third-order valence-corrected chi connectivity index (χ3v) is 3.04. The molecule has 2 aromatic rings. The molecule has 0 spiro atoms. The topological polar surface area (TPSA) is 67.8 Å². The number of aryl methyl sites for hydroxylation is 1. The van der Waals surface area contributed by atoms with Gasteiger partial charge in [0.25, 0.3) is 5.91 Å². The summed E-state index contributed by atoms with van der Waals surface area (Å²) in [6.07, 6.45) is 0. The Morgan fingerprint density at radius 1 is 1.17 bits per heavy atom. The molecule has 1 amide bonds. The van der Waals surface area contributed by atoms with Crippen LogP contribution in [0.15, 0.2) is 36.4 Å². The van der Waals surface area contributed by atoms with Gasteiger partial charge in [-0.1, -0.05) is 6.07 Å². The third-order valence-electron chi connectivity index (χ3n) is 3.04. The summed E-state index contributed by atoms with van der Waals surface area (Å²) in [6.45, 7) is -1.24. The van der Waals surface area contributed by atoms with Crippen molar-refractivity contribution in [1.82, 2.24) is 0 Å². The summed E-state index contributed by atoms with van der Waals surface area (Å²) in [5.41, 5.74) is 1.15. The first-order valence-electron chi connectivity index (χ1n) is 6.64. The van der Waals surface area contributed by atoms with Crippen molar-refractivity contribution < 1.29 is 28.2 Å². The van der Waals surface area contributed by atoms with Crippen LogP contribution in [0.1, 0.15) is 15.9 Å². The molecule has 5 nitrogen and oxygen atoms in total. The van der Waals surface area contributed by atoms with Gasteiger partial charge < -0.3 is 19.9 Å². The molecule has 2 aromatic carbocycles. The number of phenols is 1. The number of alkyl halides is 2. The van der Waals surface area contributed by atoms with Crippen LogP contribution in [0.25, 0.3) is 0 Å². The molecule has 122 valence electrons. The molecule has 0 heterocycles. The van der Waals surface area contributed by atoms with Gasteiger partial charge in [0.05, 0.1) is 12.8 Å². The van der Waals surface area contributed by atoms with Crippen molar-refractivity contribution in [3.8, 4) is 17.2 Å². The fourth-order valence-corrected chi connectivity index (χ4v) is 1.95. The molecule has 0 saturated carbocycles. The van der Waals surface area contributed by atoms with Crippen LogP contribution in [-0.2, 0) is 0 Å². The molecule has 0 aliphatic carbocycles. The Bertz CT molecular complexity index is 719. The van der Waals surface area contributed by atoms with E-state index in [9.17, 15) is 18.7 Å². The predicted octanol–water partition coefficient (Wildman–Crippen LogP) is 3.56. The first-order valence-corrected chi connectivity index (χ1v) is 6.64. The van der Waals surface area contributed by atoms with Gasteiger partial charge >= 0.3 is 6.61 Å². The number of ether oxygens (including phenoxy) is 2. The fourth-order valence-electron chi connectivity index (χ4n) is 1.95. The van der Waals surface area contributed by atoms with Gasteiger partial charge in [-0.05, 0) is 42.8 Å². The van der Waals surface area contributed by atoms with E-state index in [4.69, 9.17) is 4.74 Å². The highest BCUT2D eigenvalue weighted by Gasteiger charge is 2.15. The minimum Gasteiger partial charge on any atom is -0.506 e. The van der Waals surface area contributed by atoms with Crippen molar-refractivity contribution in [2.45, 2.75) is 13.5 Å². The number of amides is 1. The second-order valence-corrected chi connectivity index (χ2v) is 4.72. The maximum absolute atomic E-state index is 12.4. The number of benzene rings is 2. The zero-order valence-corrected chi connectivity index (χ0v) is 12.5. The Hall–Kier alpha value is -2.83. The summed E-state index contributed by atoms with van der Waals surface area (Å²) < 4.78 is 34.0. The third kappa shape index (κ3) is 4.09. The number of carbonyl (C=O) groups is 1. The number of hydrogen-bond donors (Lipinski definition) is 2. The lowest BCUT2D eigenvalue weighted by molar-refractivity contribution is -0.0512. The van der Waals surface area contributed by atoms with Crippen molar-refractivity contribution in [3.63, 3.8) is 0 Å². The van der Waals surface area contributed by atoms with Gasteiger partial charge in [-0.15, -0.1) is 0 Å². The first kappa shape index (κ1) is 16.5. The second-order valence-electron chi connectivity index (χ2n) is 4.72. The van der Waals surface area contributed by atoms with Crippen LogP contribution < -0.4 is 14.8 Å². The van der Waals surface area contributed by atoms with E-state index < -0.39 is 12.5 Å². The average Bonchev–Trinajstić information content (AvgIpc) is 2.50. The van der Waals surface area contributed by atoms with Gasteiger partial charge in [-0.25, -0.2) is 0 Å². The highest BCUT2D eigenvalue weighted by atomic mass is 19.3. The number of halogens is 2. The fraction of sp³-hybridized carbons (Fsp3) is 0.188. The number of hydrogen-bond acceptors (Lipinski definition) is 4. The highest BCUT2D eigenvalue weighted by Crippen LogP contribution is 2.30. The van der Waals surface area contributed by atoms with E-state index in [1.807, 2.05) is 0 Å². The van der Waals surface area contributed by atoms with Crippen molar-refractivity contribution in [1.29, 1.82) is 0 Å². The summed E-state index contributed by atoms with van der Waals surface area (Å²) in [4.78, 5) is 12.2. The molecule has 0 saturated heterocycles. The number of anilines is 1.